The van der Waals surface area contributed by atoms with Gasteiger partial charge in [-0.05, 0) is 44.0 Å². The van der Waals surface area contributed by atoms with Crippen LogP contribution >= 0.6 is 11.3 Å². The summed E-state index contributed by atoms with van der Waals surface area (Å²) < 4.78 is 33.5. The molecular formula is C27H23B2FN6O3S. The van der Waals surface area contributed by atoms with Gasteiger partial charge in [0.2, 0.25) is 0 Å². The Morgan fingerprint density at radius 3 is 2.52 bits per heavy atom. The van der Waals surface area contributed by atoms with Crippen molar-refractivity contribution in [1.82, 2.24) is 24.7 Å². The van der Waals surface area contributed by atoms with Crippen LogP contribution in [0.25, 0.3) is 22.3 Å². The Morgan fingerprint density at radius 2 is 1.80 bits per heavy atom. The molecule has 0 unspecified atom stereocenters. The number of fused-ring (bicyclic) bond motifs is 1. The molecule has 1 aliphatic heterocycles. The third-order valence-corrected chi connectivity index (χ3v) is 7.60. The molecule has 4 radical (unpaired) electrons. The number of nitrogen functional groups attached to an aromatic ring is 1. The molecule has 0 aliphatic carbocycles. The molecule has 5 aromatic rings. The summed E-state index contributed by atoms with van der Waals surface area (Å²) in [6, 6.07) is 11.3. The monoisotopic (exact) mass is 552 g/mol. The summed E-state index contributed by atoms with van der Waals surface area (Å²) in [5.74, 6) is 0.591. The first-order chi connectivity index (χ1) is 19.3. The average Bonchev–Trinajstić information content (AvgIpc) is 3.54. The molecule has 0 spiro atoms. The first-order valence-corrected chi connectivity index (χ1v) is 13.4. The molecule has 40 heavy (non-hydrogen) atoms. The van der Waals surface area contributed by atoms with Crippen LogP contribution in [0.15, 0.2) is 55.0 Å². The lowest BCUT2D eigenvalue weighted by molar-refractivity contribution is 0.0674. The summed E-state index contributed by atoms with van der Waals surface area (Å²) in [6.07, 6.45) is 4.66. The maximum atomic E-state index is 14.4. The third kappa shape index (κ3) is 5.26. The summed E-state index contributed by atoms with van der Waals surface area (Å²) in [5.41, 5.74) is 8.43. The molecule has 2 aromatic carbocycles. The van der Waals surface area contributed by atoms with Gasteiger partial charge in [-0.2, -0.15) is 5.10 Å². The van der Waals surface area contributed by atoms with Gasteiger partial charge in [0.05, 0.1) is 21.8 Å². The molecule has 0 atom stereocenters. The van der Waals surface area contributed by atoms with Gasteiger partial charge in [-0.3, -0.25) is 0 Å². The molecule has 13 heteroatoms. The second-order valence-electron chi connectivity index (χ2n) is 9.48. The number of anilines is 1. The standard InChI is InChI=1S/C27H23B2FN6O3S/c1-15-32-13-22(40-15)27(28,29)39-21-11-17(30)10-20(12-21)38-19-4-2-16(3-5-19)24-23-25(31)33-14-34-26(23)36(35-24)18-6-8-37-9-7-18/h2-5,10-14,18H,6-9H2,1H3,(H2,31,33,34). The molecule has 6 rings (SSSR count). The number of hydrogen-bond donors (Lipinski definition) is 1. The number of aromatic nitrogens is 5. The number of benzene rings is 2. The Hall–Kier alpha value is -3.96. The number of rotatable bonds is 7. The van der Waals surface area contributed by atoms with Gasteiger partial charge < -0.3 is 19.9 Å². The lowest BCUT2D eigenvalue weighted by Crippen LogP contribution is -2.33. The van der Waals surface area contributed by atoms with Crippen molar-refractivity contribution >= 4 is 43.9 Å². The van der Waals surface area contributed by atoms with Gasteiger partial charge in [0.1, 0.15) is 56.6 Å². The smallest absolute Gasteiger partial charge is 0.164 e. The van der Waals surface area contributed by atoms with E-state index < -0.39 is 11.2 Å². The Bertz CT molecular complexity index is 1670. The van der Waals surface area contributed by atoms with Crippen LogP contribution in [-0.2, 0) is 10.1 Å². The first-order valence-electron chi connectivity index (χ1n) is 12.6. The molecule has 1 aliphatic rings. The average molecular weight is 552 g/mol. The van der Waals surface area contributed by atoms with E-state index in [2.05, 4.69) is 15.0 Å². The lowest BCUT2D eigenvalue weighted by Gasteiger charge is -2.26. The molecule has 2 N–H and O–H groups in total. The maximum Gasteiger partial charge on any atom is 0.164 e. The molecular weight excluding hydrogens is 529 g/mol. The van der Waals surface area contributed by atoms with Crippen molar-refractivity contribution in [1.29, 1.82) is 0 Å². The predicted octanol–water partition coefficient (Wildman–Crippen LogP) is 4.65. The third-order valence-electron chi connectivity index (χ3n) is 6.56. The van der Waals surface area contributed by atoms with Crippen molar-refractivity contribution in [3.63, 3.8) is 0 Å². The minimum atomic E-state index is -1.68. The van der Waals surface area contributed by atoms with Crippen LogP contribution in [0.2, 0.25) is 0 Å². The molecule has 3 aromatic heterocycles. The molecule has 9 nitrogen and oxygen atoms in total. The Morgan fingerprint density at radius 1 is 1.05 bits per heavy atom. The van der Waals surface area contributed by atoms with Crippen LogP contribution in [0.4, 0.5) is 10.2 Å². The minimum Gasteiger partial charge on any atom is -0.501 e. The van der Waals surface area contributed by atoms with Crippen molar-refractivity contribution in [2.24, 2.45) is 0 Å². The van der Waals surface area contributed by atoms with Gasteiger partial charge in [-0.25, -0.2) is 24.0 Å². The number of nitrogens with two attached hydrogens (primary N) is 1. The van der Waals surface area contributed by atoms with E-state index in [9.17, 15) is 4.39 Å². The van der Waals surface area contributed by atoms with E-state index in [0.29, 0.717) is 46.4 Å². The molecule has 0 amide bonds. The zero-order valence-corrected chi connectivity index (χ0v) is 22.4. The van der Waals surface area contributed by atoms with E-state index in [1.807, 2.05) is 23.7 Å². The highest BCUT2D eigenvalue weighted by Gasteiger charge is 2.26. The Kier molecular flexibility index (Phi) is 6.93. The van der Waals surface area contributed by atoms with Gasteiger partial charge in [-0.1, -0.05) is 0 Å². The van der Waals surface area contributed by atoms with Gasteiger partial charge in [0, 0.05) is 48.1 Å². The van der Waals surface area contributed by atoms with E-state index in [4.69, 9.17) is 40.7 Å². The van der Waals surface area contributed by atoms with Crippen LogP contribution in [0.1, 0.15) is 28.8 Å². The second kappa shape index (κ2) is 10.5. The first kappa shape index (κ1) is 26.3. The highest BCUT2D eigenvalue weighted by Crippen LogP contribution is 2.36. The summed E-state index contributed by atoms with van der Waals surface area (Å²) >= 11 is 1.30. The SMILES string of the molecule is [B]C([B])(Oc1cc(F)cc(Oc2ccc(-c3nn(C4CCOCC4)c4ncnc(N)c34)cc2)c1)c1cnc(C)s1. The number of aryl methyl sites for hydroxylation is 1. The molecule has 1 fully saturated rings. The van der Waals surface area contributed by atoms with Crippen molar-refractivity contribution < 1.29 is 18.6 Å². The van der Waals surface area contributed by atoms with Crippen molar-refractivity contribution in [3.05, 3.63) is 70.7 Å². The second-order valence-corrected chi connectivity index (χ2v) is 10.7. The van der Waals surface area contributed by atoms with Crippen LogP contribution in [0.5, 0.6) is 17.2 Å². The summed E-state index contributed by atoms with van der Waals surface area (Å²) in [5, 5.41) is 4.68. The van der Waals surface area contributed by atoms with Crippen LogP contribution in [0, 0.1) is 12.7 Å². The molecule has 0 saturated carbocycles. The summed E-state index contributed by atoms with van der Waals surface area (Å²) in [7, 11) is 12.3. The summed E-state index contributed by atoms with van der Waals surface area (Å²) in [4.78, 5) is 13.3. The lowest BCUT2D eigenvalue weighted by atomic mass is 9.64. The quantitative estimate of drug-likeness (QED) is 0.291. The van der Waals surface area contributed by atoms with Gasteiger partial charge in [0.15, 0.2) is 5.65 Å². The number of ether oxygens (including phenoxy) is 3. The Labute approximate surface area is 236 Å². The number of thiazole rings is 1. The molecule has 0 bridgehead atoms. The highest BCUT2D eigenvalue weighted by molar-refractivity contribution is 7.12. The highest BCUT2D eigenvalue weighted by atomic mass is 32.1. The fraction of sp³-hybridized carbons (Fsp3) is 0.259. The van der Waals surface area contributed by atoms with Crippen LogP contribution in [-0.4, -0.2) is 53.6 Å². The van der Waals surface area contributed by atoms with Crippen molar-refractivity contribution in [3.8, 4) is 28.5 Å². The van der Waals surface area contributed by atoms with Crippen molar-refractivity contribution in [2.75, 3.05) is 18.9 Å². The molecule has 4 heterocycles. The summed E-state index contributed by atoms with van der Waals surface area (Å²) in [6.45, 7) is 3.17. The van der Waals surface area contributed by atoms with Gasteiger partial charge in [0.25, 0.3) is 0 Å². The van der Waals surface area contributed by atoms with Crippen LogP contribution < -0.4 is 15.2 Å². The van der Waals surface area contributed by atoms with Crippen molar-refractivity contribution in [2.45, 2.75) is 31.2 Å². The van der Waals surface area contributed by atoms with E-state index in [1.54, 1.807) is 12.1 Å². The zero-order valence-electron chi connectivity index (χ0n) is 21.6. The number of nitrogens with zero attached hydrogens (tertiary/aromatic N) is 5. The van der Waals surface area contributed by atoms with E-state index >= 15 is 0 Å². The fourth-order valence-electron chi connectivity index (χ4n) is 4.64. The van der Waals surface area contributed by atoms with E-state index in [-0.39, 0.29) is 17.5 Å². The zero-order chi connectivity index (χ0) is 27.9. The molecule has 1 saturated heterocycles. The minimum absolute atomic E-state index is 0.114. The predicted molar refractivity (Wildman–Crippen MR) is 151 cm³/mol. The number of halogens is 1. The van der Waals surface area contributed by atoms with Crippen LogP contribution in [0.3, 0.4) is 0 Å². The van der Waals surface area contributed by atoms with E-state index in [0.717, 1.165) is 23.4 Å². The maximum absolute atomic E-state index is 14.4. The van der Waals surface area contributed by atoms with Gasteiger partial charge >= 0.3 is 0 Å². The van der Waals surface area contributed by atoms with Gasteiger partial charge in [-0.15, -0.1) is 11.3 Å². The van der Waals surface area contributed by atoms with E-state index in [1.165, 1.54) is 42.1 Å². The Balaban J connectivity index is 1.25. The topological polar surface area (TPSA) is 110 Å². The molecule has 198 valence electrons. The normalized spacial score (nSPS) is 14.4. The largest absolute Gasteiger partial charge is 0.501 e. The fourth-order valence-corrected chi connectivity index (χ4v) is 5.37. The number of hydrogen-bond acceptors (Lipinski definition) is 9.